The van der Waals surface area contributed by atoms with Crippen molar-refractivity contribution in [3.63, 3.8) is 0 Å². The lowest BCUT2D eigenvalue weighted by atomic mass is 9.86. The minimum Gasteiger partial charge on any atom is -0.378 e. The first-order valence-electron chi connectivity index (χ1n) is 25.3. The van der Waals surface area contributed by atoms with E-state index in [1.165, 1.54) is 89.3 Å². The van der Waals surface area contributed by atoms with E-state index in [0.29, 0.717) is 11.8 Å². The molecule has 2 heteroatoms. The second kappa shape index (κ2) is 30.3. The Morgan fingerprint density at radius 3 is 1.56 bits per heavy atom. The monoisotopic (exact) mass is 963 g/mol. The van der Waals surface area contributed by atoms with Crippen LogP contribution in [0.4, 0.5) is 17.1 Å². The minimum absolute atomic E-state index is 0. The predicted molar refractivity (Wildman–Crippen MR) is 330 cm³/mol. The minimum atomic E-state index is 0. The lowest BCUT2D eigenvalue weighted by molar-refractivity contribution is 0.545. The van der Waals surface area contributed by atoms with E-state index in [2.05, 4.69) is 240 Å². The second-order valence-electron chi connectivity index (χ2n) is 18.5. The molecule has 0 amide bonds. The van der Waals surface area contributed by atoms with Gasteiger partial charge in [0.25, 0.3) is 0 Å². The zero-order valence-corrected chi connectivity index (χ0v) is 43.5. The summed E-state index contributed by atoms with van der Waals surface area (Å²) >= 11 is 0. The molecule has 1 atom stereocenters. The molecule has 9 rings (SSSR count). The summed E-state index contributed by atoms with van der Waals surface area (Å²) in [6, 6.07) is 70.6. The van der Waals surface area contributed by atoms with Crippen LogP contribution in [0.3, 0.4) is 0 Å². The number of para-hydroxylation sites is 3. The summed E-state index contributed by atoms with van der Waals surface area (Å²) in [5, 5.41) is 8.01. The van der Waals surface area contributed by atoms with Crippen LogP contribution in [0.2, 0.25) is 0 Å². The highest BCUT2D eigenvalue weighted by Gasteiger charge is 2.16. The molecule has 0 N–H and O–H groups in total. The first-order chi connectivity index (χ1) is 34.6. The number of rotatable bonds is 14. The van der Waals surface area contributed by atoms with Crippen LogP contribution < -0.4 is 9.80 Å². The number of hydrogen-bond acceptors (Lipinski definition) is 2. The van der Waals surface area contributed by atoms with Gasteiger partial charge in [-0.1, -0.05) is 242 Å². The van der Waals surface area contributed by atoms with Crippen LogP contribution in [0.15, 0.2) is 255 Å². The standard InChI is InChI=1S/C30H26.C25H31N.C8H11N.C6H6.2CH4/c1-5-7-20(4)25-15-14-24(18-28(25)19(2)3)26-16-12-23-11-10-21-8-6-9-22-13-17-27(26)30(23)29(21)22;1-4-6-9-15-22(3)20-21-23(14-5-2)26(24-16-10-7-11-17-24)25-18-12-8-13-19-25;1-9(2)8-6-4-3-5-7-8;1-2-4-6-5-3-1;;/h5-19H,1H2,2-4H3;4-8,10-14,16-19,21-22H,9,15,20H2,1-3H3;3-7H,1-2H3;1-6H;2*1H4/b20-7+;6-4+,14-5-,23-21+;;;;. The van der Waals surface area contributed by atoms with Gasteiger partial charge in [0.1, 0.15) is 0 Å². The highest BCUT2D eigenvalue weighted by atomic mass is 15.1. The van der Waals surface area contributed by atoms with Crippen molar-refractivity contribution in [1.82, 2.24) is 0 Å². The Morgan fingerprint density at radius 2 is 1.07 bits per heavy atom. The van der Waals surface area contributed by atoms with Crippen LogP contribution in [0.25, 0.3) is 49.0 Å². The van der Waals surface area contributed by atoms with Crippen LogP contribution >= 0.6 is 0 Å². The molecule has 0 saturated heterocycles. The van der Waals surface area contributed by atoms with E-state index in [-0.39, 0.29) is 14.9 Å². The highest BCUT2D eigenvalue weighted by molar-refractivity contribution is 6.25. The molecule has 9 aromatic rings. The average molecular weight is 963 g/mol. The Balaban J connectivity index is 0.000000242. The summed E-state index contributed by atoms with van der Waals surface area (Å²) in [4.78, 5) is 4.42. The molecule has 0 saturated carbocycles. The van der Waals surface area contributed by atoms with Crippen LogP contribution in [0.1, 0.15) is 92.7 Å². The third-order valence-electron chi connectivity index (χ3n) is 12.7. The molecule has 73 heavy (non-hydrogen) atoms. The van der Waals surface area contributed by atoms with Crippen molar-refractivity contribution in [2.24, 2.45) is 5.92 Å². The predicted octanol–water partition coefficient (Wildman–Crippen LogP) is 21.3. The van der Waals surface area contributed by atoms with Crippen LogP contribution in [-0.4, -0.2) is 14.1 Å². The van der Waals surface area contributed by atoms with Crippen molar-refractivity contribution >= 4 is 55.0 Å². The molecular formula is C71H82N2. The Hall–Kier alpha value is -7.68. The molecule has 2 nitrogen and oxygen atoms in total. The Bertz CT molecular complexity index is 3020. The van der Waals surface area contributed by atoms with Crippen molar-refractivity contribution < 1.29 is 0 Å². The highest BCUT2D eigenvalue weighted by Crippen LogP contribution is 2.40. The van der Waals surface area contributed by atoms with Gasteiger partial charge in [0.15, 0.2) is 0 Å². The molecule has 376 valence electrons. The molecule has 0 spiro atoms. The average Bonchev–Trinajstić information content (AvgIpc) is 3.41. The fourth-order valence-electron chi connectivity index (χ4n) is 8.92. The third kappa shape index (κ3) is 16.2. The normalized spacial score (nSPS) is 11.7. The van der Waals surface area contributed by atoms with Gasteiger partial charge in [0.2, 0.25) is 0 Å². The smallest absolute Gasteiger partial charge is 0.0461 e. The van der Waals surface area contributed by atoms with E-state index in [1.54, 1.807) is 0 Å². The van der Waals surface area contributed by atoms with Crippen molar-refractivity contribution in [3.8, 4) is 11.1 Å². The van der Waals surface area contributed by atoms with Crippen LogP contribution in [-0.2, 0) is 0 Å². The SMILES string of the molecule is C.C.C/C=C\C(=C/CC(C)CC/C=C/C)N(c1ccccc1)c1ccccc1.C=C/C=C(\C)c1ccc(-c2ccc3ccc4cccc5ccc2c3c45)cc1C(C)C.CN(C)c1ccccc1.c1ccccc1. The second-order valence-corrected chi connectivity index (χ2v) is 18.5. The number of nitrogens with zero attached hydrogens (tertiary/aromatic N) is 2. The maximum Gasteiger partial charge on any atom is 0.0461 e. The molecule has 0 fully saturated rings. The molecule has 0 radical (unpaired) electrons. The molecule has 0 aliphatic rings. The number of allylic oxidation sites excluding steroid dienone is 8. The van der Waals surface area contributed by atoms with Gasteiger partial charge < -0.3 is 9.80 Å². The van der Waals surface area contributed by atoms with Crippen molar-refractivity contribution in [1.29, 1.82) is 0 Å². The van der Waals surface area contributed by atoms with E-state index in [0.717, 1.165) is 12.8 Å². The van der Waals surface area contributed by atoms with Gasteiger partial charge in [0.05, 0.1) is 0 Å². The molecule has 1 unspecified atom stereocenters. The van der Waals surface area contributed by atoms with E-state index < -0.39 is 0 Å². The van der Waals surface area contributed by atoms with Crippen LogP contribution in [0.5, 0.6) is 0 Å². The third-order valence-corrected chi connectivity index (χ3v) is 12.7. The molecule has 0 heterocycles. The molecular weight excluding hydrogens is 881 g/mol. The summed E-state index contributed by atoms with van der Waals surface area (Å²) in [6.45, 7) is 17.1. The van der Waals surface area contributed by atoms with Crippen molar-refractivity contribution in [2.45, 2.75) is 81.6 Å². The summed E-state index contributed by atoms with van der Waals surface area (Å²) in [6.07, 6.45) is 18.5. The molecule has 9 aromatic carbocycles. The first kappa shape index (κ1) is 57.9. The van der Waals surface area contributed by atoms with E-state index in [1.807, 2.05) is 74.8 Å². The van der Waals surface area contributed by atoms with Gasteiger partial charge in [-0.05, 0) is 154 Å². The fourth-order valence-corrected chi connectivity index (χ4v) is 8.92. The van der Waals surface area contributed by atoms with E-state index in [9.17, 15) is 0 Å². The van der Waals surface area contributed by atoms with Gasteiger partial charge >= 0.3 is 0 Å². The summed E-state index contributed by atoms with van der Waals surface area (Å²) in [7, 11) is 4.07. The van der Waals surface area contributed by atoms with E-state index >= 15 is 0 Å². The zero-order valence-electron chi connectivity index (χ0n) is 43.5. The van der Waals surface area contributed by atoms with Crippen LogP contribution in [0, 0.1) is 5.92 Å². The quantitative estimate of drug-likeness (QED) is 0.0609. The van der Waals surface area contributed by atoms with Gasteiger partial charge in [-0.2, -0.15) is 0 Å². The lowest BCUT2D eigenvalue weighted by Crippen LogP contribution is -2.15. The van der Waals surface area contributed by atoms with Gasteiger partial charge in [-0.15, -0.1) is 0 Å². The van der Waals surface area contributed by atoms with Crippen molar-refractivity contribution in [2.75, 3.05) is 23.9 Å². The molecule has 0 aliphatic carbocycles. The Kier molecular flexibility index (Phi) is 24.0. The van der Waals surface area contributed by atoms with Gasteiger partial charge in [-0.3, -0.25) is 0 Å². The van der Waals surface area contributed by atoms with Crippen molar-refractivity contribution in [3.05, 3.63) is 266 Å². The Morgan fingerprint density at radius 1 is 0.562 bits per heavy atom. The maximum atomic E-state index is 3.86. The van der Waals surface area contributed by atoms with Gasteiger partial charge in [0, 0.05) is 36.9 Å². The Labute approximate surface area is 441 Å². The topological polar surface area (TPSA) is 6.48 Å². The summed E-state index contributed by atoms with van der Waals surface area (Å²) in [5.74, 6) is 1.12. The molecule has 0 bridgehead atoms. The summed E-state index contributed by atoms with van der Waals surface area (Å²) in [5.41, 5.74) is 11.4. The molecule has 0 aliphatic heterocycles. The largest absolute Gasteiger partial charge is 0.378 e. The number of benzene rings is 9. The fraction of sp³-hybridized carbons (Fsp3) is 0.211. The lowest BCUT2D eigenvalue weighted by Gasteiger charge is -2.27. The maximum absolute atomic E-state index is 3.86. The van der Waals surface area contributed by atoms with E-state index in [4.69, 9.17) is 0 Å². The number of hydrogen-bond donors (Lipinski definition) is 0. The molecule has 0 aromatic heterocycles. The van der Waals surface area contributed by atoms with Gasteiger partial charge in [-0.25, -0.2) is 0 Å². The summed E-state index contributed by atoms with van der Waals surface area (Å²) < 4.78 is 0. The zero-order chi connectivity index (χ0) is 50.4. The number of anilines is 3. The first-order valence-corrected chi connectivity index (χ1v) is 25.3.